The van der Waals surface area contributed by atoms with Crippen LogP contribution >= 0.6 is 11.6 Å². The van der Waals surface area contributed by atoms with Gasteiger partial charge in [0.2, 0.25) is 15.9 Å². The zero-order valence-corrected chi connectivity index (χ0v) is 19.8. The van der Waals surface area contributed by atoms with Crippen molar-refractivity contribution in [2.24, 2.45) is 5.92 Å². The Hall–Kier alpha value is -2.49. The normalized spacial score (nSPS) is 19.8. The minimum Gasteiger partial charge on any atom is -0.338 e. The molecule has 1 unspecified atom stereocenters. The van der Waals surface area contributed by atoms with Crippen molar-refractivity contribution in [2.45, 2.75) is 37.0 Å². The van der Waals surface area contributed by atoms with E-state index in [1.165, 1.54) is 16.6 Å². The summed E-state index contributed by atoms with van der Waals surface area (Å²) in [5.74, 6) is -0.610. The monoisotopic (exact) mass is 490 g/mol. The summed E-state index contributed by atoms with van der Waals surface area (Å²) in [5.41, 5.74) is 0.156. The van der Waals surface area contributed by atoms with Gasteiger partial charge in [0.1, 0.15) is 5.82 Å². The average Bonchev–Trinajstić information content (AvgIpc) is 2.85. The number of aromatic nitrogens is 1. The van der Waals surface area contributed by atoms with Gasteiger partial charge in [-0.3, -0.25) is 9.59 Å². The number of carbonyl (C=O) groups excluding carboxylic acids is 2. The largest absolute Gasteiger partial charge is 0.338 e. The molecule has 1 atom stereocenters. The number of likely N-dealkylation sites (tertiary alicyclic amines) is 1. The molecule has 10 heteroatoms. The van der Waals surface area contributed by atoms with Crippen LogP contribution in [0.1, 0.15) is 42.5 Å². The highest BCUT2D eigenvalue weighted by atomic mass is 35.5. The zero-order chi connectivity index (χ0) is 23.4. The third-order valence-corrected chi connectivity index (χ3v) is 8.29. The van der Waals surface area contributed by atoms with Crippen molar-refractivity contribution < 1.29 is 18.0 Å². The summed E-state index contributed by atoms with van der Waals surface area (Å²) in [5, 5.41) is 3.24. The second-order valence-electron chi connectivity index (χ2n) is 8.40. The molecule has 1 aromatic carbocycles. The van der Waals surface area contributed by atoms with Gasteiger partial charge in [0.25, 0.3) is 5.91 Å². The second kappa shape index (κ2) is 10.2. The number of benzene rings is 1. The quantitative estimate of drug-likeness (QED) is 0.692. The van der Waals surface area contributed by atoms with Crippen LogP contribution in [-0.4, -0.2) is 60.6 Å². The summed E-state index contributed by atoms with van der Waals surface area (Å²) in [6.07, 6.45) is 5.39. The van der Waals surface area contributed by atoms with Crippen LogP contribution in [0.5, 0.6) is 0 Å². The number of hydrogen-bond acceptors (Lipinski definition) is 5. The Bertz CT molecular complexity index is 1120. The number of anilines is 1. The Morgan fingerprint density at radius 1 is 1.00 bits per heavy atom. The van der Waals surface area contributed by atoms with Crippen LogP contribution in [0.4, 0.5) is 5.82 Å². The van der Waals surface area contributed by atoms with Crippen LogP contribution in [-0.2, 0) is 14.8 Å². The topological polar surface area (TPSA) is 99.7 Å². The number of amides is 2. The number of nitrogens with one attached hydrogen (secondary N) is 1. The molecule has 2 fully saturated rings. The summed E-state index contributed by atoms with van der Waals surface area (Å²) in [6, 6.07) is 9.62. The molecule has 0 radical (unpaired) electrons. The highest BCUT2D eigenvalue weighted by Gasteiger charge is 2.34. The van der Waals surface area contributed by atoms with Crippen LogP contribution in [0.3, 0.4) is 0 Å². The van der Waals surface area contributed by atoms with E-state index in [1.807, 2.05) is 0 Å². The summed E-state index contributed by atoms with van der Waals surface area (Å²) in [4.78, 5) is 31.9. The maximum absolute atomic E-state index is 13.4. The predicted molar refractivity (Wildman–Crippen MR) is 126 cm³/mol. The molecule has 2 saturated heterocycles. The van der Waals surface area contributed by atoms with E-state index in [1.54, 1.807) is 35.2 Å². The molecule has 0 aliphatic carbocycles. The number of piperidine rings is 2. The maximum atomic E-state index is 13.4. The van der Waals surface area contributed by atoms with Crippen LogP contribution in [0, 0.1) is 5.92 Å². The molecular weight excluding hydrogens is 464 g/mol. The number of halogens is 1. The molecule has 0 spiro atoms. The molecule has 2 aromatic rings. The second-order valence-corrected chi connectivity index (χ2v) is 10.7. The molecule has 2 aliphatic rings. The van der Waals surface area contributed by atoms with E-state index in [0.717, 1.165) is 19.3 Å². The summed E-state index contributed by atoms with van der Waals surface area (Å²) in [7, 11) is -3.76. The first-order valence-corrected chi connectivity index (χ1v) is 13.0. The SMILES string of the molecule is O=C(Nc1ccc(Cl)cn1)C1CCCN(C(=O)c2ccccc2S(=O)(=O)N2CCCCC2)C1. The summed E-state index contributed by atoms with van der Waals surface area (Å²) >= 11 is 5.84. The van der Waals surface area contributed by atoms with Crippen molar-refractivity contribution in [1.29, 1.82) is 0 Å². The first-order valence-electron chi connectivity index (χ1n) is 11.2. The molecule has 4 rings (SSSR count). The van der Waals surface area contributed by atoms with E-state index in [-0.39, 0.29) is 28.8 Å². The number of carbonyl (C=O) groups is 2. The van der Waals surface area contributed by atoms with Crippen LogP contribution < -0.4 is 5.32 Å². The molecule has 1 aromatic heterocycles. The zero-order valence-electron chi connectivity index (χ0n) is 18.2. The molecule has 8 nitrogen and oxygen atoms in total. The number of pyridine rings is 1. The third-order valence-electron chi connectivity index (χ3n) is 6.11. The Morgan fingerprint density at radius 3 is 2.48 bits per heavy atom. The van der Waals surface area contributed by atoms with Crippen molar-refractivity contribution in [1.82, 2.24) is 14.2 Å². The van der Waals surface area contributed by atoms with Crippen LogP contribution in [0.25, 0.3) is 0 Å². The van der Waals surface area contributed by atoms with E-state index in [9.17, 15) is 18.0 Å². The molecular formula is C23H27ClN4O4S. The molecule has 3 heterocycles. The van der Waals surface area contributed by atoms with E-state index in [2.05, 4.69) is 10.3 Å². The number of sulfonamides is 1. The van der Waals surface area contributed by atoms with Gasteiger partial charge in [-0.1, -0.05) is 30.2 Å². The van der Waals surface area contributed by atoms with Crippen LogP contribution in [0.2, 0.25) is 5.02 Å². The molecule has 1 N–H and O–H groups in total. The Kier molecular flexibility index (Phi) is 7.31. The first kappa shape index (κ1) is 23.7. The number of rotatable bonds is 5. The van der Waals surface area contributed by atoms with Gasteiger partial charge in [-0.05, 0) is 49.9 Å². The minimum absolute atomic E-state index is 0.0360. The van der Waals surface area contributed by atoms with Crippen molar-refractivity contribution in [3.05, 3.63) is 53.2 Å². The van der Waals surface area contributed by atoms with Crippen molar-refractivity contribution in [3.63, 3.8) is 0 Å². The molecule has 176 valence electrons. The average molecular weight is 491 g/mol. The number of hydrogen-bond donors (Lipinski definition) is 1. The lowest BCUT2D eigenvalue weighted by Gasteiger charge is -2.33. The lowest BCUT2D eigenvalue weighted by Crippen LogP contribution is -2.44. The van der Waals surface area contributed by atoms with E-state index >= 15 is 0 Å². The van der Waals surface area contributed by atoms with Gasteiger partial charge in [-0.25, -0.2) is 13.4 Å². The fraction of sp³-hybridized carbons (Fsp3) is 0.435. The Labute approximate surface area is 199 Å². The predicted octanol–water partition coefficient (Wildman–Crippen LogP) is 3.40. The Balaban J connectivity index is 1.50. The summed E-state index contributed by atoms with van der Waals surface area (Å²) < 4.78 is 28.0. The Morgan fingerprint density at radius 2 is 1.76 bits per heavy atom. The van der Waals surface area contributed by atoms with Crippen molar-refractivity contribution in [2.75, 3.05) is 31.5 Å². The van der Waals surface area contributed by atoms with Gasteiger partial charge >= 0.3 is 0 Å². The highest BCUT2D eigenvalue weighted by molar-refractivity contribution is 7.89. The standard InChI is InChI=1S/C23H27ClN4O4S/c24-18-10-11-21(25-15-18)26-22(29)17-7-6-12-27(16-17)23(30)19-8-2-3-9-20(19)33(31,32)28-13-4-1-5-14-28/h2-3,8-11,15,17H,1,4-7,12-14,16H2,(H,25,26,29). The lowest BCUT2D eigenvalue weighted by atomic mass is 9.96. The molecule has 0 bridgehead atoms. The van der Waals surface area contributed by atoms with Gasteiger partial charge in [-0.15, -0.1) is 0 Å². The van der Waals surface area contributed by atoms with E-state index in [0.29, 0.717) is 43.3 Å². The van der Waals surface area contributed by atoms with Crippen LogP contribution in [0.15, 0.2) is 47.5 Å². The smallest absolute Gasteiger partial charge is 0.255 e. The fourth-order valence-electron chi connectivity index (χ4n) is 4.34. The molecule has 2 amide bonds. The lowest BCUT2D eigenvalue weighted by molar-refractivity contribution is -0.121. The molecule has 33 heavy (non-hydrogen) atoms. The maximum Gasteiger partial charge on any atom is 0.255 e. The van der Waals surface area contributed by atoms with E-state index < -0.39 is 15.9 Å². The van der Waals surface area contributed by atoms with Crippen molar-refractivity contribution in [3.8, 4) is 0 Å². The summed E-state index contributed by atoms with van der Waals surface area (Å²) in [6.45, 7) is 1.63. The minimum atomic E-state index is -3.76. The van der Waals surface area contributed by atoms with Gasteiger partial charge in [0.15, 0.2) is 0 Å². The van der Waals surface area contributed by atoms with E-state index in [4.69, 9.17) is 11.6 Å². The molecule has 2 aliphatic heterocycles. The van der Waals surface area contributed by atoms with Gasteiger partial charge < -0.3 is 10.2 Å². The molecule has 0 saturated carbocycles. The van der Waals surface area contributed by atoms with Gasteiger partial charge in [0.05, 0.1) is 21.4 Å². The first-order chi connectivity index (χ1) is 15.9. The fourth-order valence-corrected chi connectivity index (χ4v) is 6.15. The number of nitrogens with zero attached hydrogens (tertiary/aromatic N) is 3. The van der Waals surface area contributed by atoms with Crippen molar-refractivity contribution >= 4 is 39.3 Å². The third kappa shape index (κ3) is 5.37. The van der Waals surface area contributed by atoms with Gasteiger partial charge in [-0.2, -0.15) is 4.31 Å². The highest BCUT2D eigenvalue weighted by Crippen LogP contribution is 2.27. The van der Waals surface area contributed by atoms with Gasteiger partial charge in [0, 0.05) is 32.4 Å².